The topological polar surface area (TPSA) is 86.8 Å². The van der Waals surface area contributed by atoms with Gasteiger partial charge < -0.3 is 10.2 Å². The van der Waals surface area contributed by atoms with Crippen LogP contribution in [-0.2, 0) is 26.2 Å². The fraction of sp³-hybridized carbons (Fsp3) is 0.394. The second kappa shape index (κ2) is 14.0. The number of hydrogen-bond donors (Lipinski definition) is 1. The van der Waals surface area contributed by atoms with Crippen LogP contribution >= 0.6 is 0 Å². The van der Waals surface area contributed by atoms with Crippen molar-refractivity contribution in [2.45, 2.75) is 82.8 Å². The Morgan fingerprint density at radius 3 is 2.21 bits per heavy atom. The molecule has 0 aliphatic heterocycles. The molecule has 1 aliphatic carbocycles. The summed E-state index contributed by atoms with van der Waals surface area (Å²) in [7, 11) is -4.20. The monoisotopic (exact) mass is 593 g/mol. The largest absolute Gasteiger partial charge is 0.352 e. The molecule has 3 aromatic rings. The number of nitrogens with zero attached hydrogens (tertiary/aromatic N) is 2. The van der Waals surface area contributed by atoms with E-state index in [0.29, 0.717) is 6.42 Å². The van der Waals surface area contributed by atoms with Gasteiger partial charge in [-0.15, -0.1) is 0 Å². The molecule has 224 valence electrons. The Morgan fingerprint density at radius 2 is 1.60 bits per heavy atom. The predicted octanol–water partition coefficient (Wildman–Crippen LogP) is 5.89. The highest BCUT2D eigenvalue weighted by molar-refractivity contribution is 7.92. The Hall–Kier alpha value is -3.72. The molecule has 0 heterocycles. The van der Waals surface area contributed by atoms with Crippen LogP contribution in [0.1, 0.15) is 62.1 Å². The third-order valence-electron chi connectivity index (χ3n) is 7.78. The van der Waals surface area contributed by atoms with E-state index in [1.807, 2.05) is 45.0 Å². The zero-order valence-electron chi connectivity index (χ0n) is 24.6. The van der Waals surface area contributed by atoms with Gasteiger partial charge in [0.25, 0.3) is 10.0 Å². The first-order valence-electron chi connectivity index (χ1n) is 14.6. The molecule has 0 aromatic heterocycles. The van der Waals surface area contributed by atoms with Gasteiger partial charge in [-0.3, -0.25) is 13.9 Å². The number of rotatable bonds is 11. The summed E-state index contributed by atoms with van der Waals surface area (Å²) in [5.74, 6) is -1.29. The SMILES string of the molecule is CC[C@@H](C(=O)NC1CCCCC1)N(Cc1cccc(C)c1)C(=O)CN(c1ccc(F)cc1)S(=O)(=O)c1ccc(C)cc1. The van der Waals surface area contributed by atoms with Gasteiger partial charge in [-0.2, -0.15) is 0 Å². The molecule has 0 unspecified atom stereocenters. The number of nitrogens with one attached hydrogen (secondary N) is 1. The van der Waals surface area contributed by atoms with E-state index in [9.17, 15) is 22.4 Å². The van der Waals surface area contributed by atoms with Gasteiger partial charge in [0, 0.05) is 12.6 Å². The van der Waals surface area contributed by atoms with E-state index in [-0.39, 0.29) is 29.1 Å². The number of sulfonamides is 1. The van der Waals surface area contributed by atoms with Gasteiger partial charge in [0.2, 0.25) is 11.8 Å². The van der Waals surface area contributed by atoms with Crippen LogP contribution in [0.4, 0.5) is 10.1 Å². The lowest BCUT2D eigenvalue weighted by Gasteiger charge is -2.34. The molecule has 1 atom stereocenters. The molecule has 0 saturated heterocycles. The molecule has 1 N–H and O–H groups in total. The zero-order valence-corrected chi connectivity index (χ0v) is 25.4. The van der Waals surface area contributed by atoms with Crippen molar-refractivity contribution in [2.75, 3.05) is 10.8 Å². The Labute approximate surface area is 248 Å². The van der Waals surface area contributed by atoms with Gasteiger partial charge in [-0.25, -0.2) is 12.8 Å². The summed E-state index contributed by atoms with van der Waals surface area (Å²) < 4.78 is 42.6. The van der Waals surface area contributed by atoms with Crippen molar-refractivity contribution in [1.29, 1.82) is 0 Å². The van der Waals surface area contributed by atoms with Gasteiger partial charge in [0.05, 0.1) is 10.6 Å². The third kappa shape index (κ3) is 7.76. The van der Waals surface area contributed by atoms with Gasteiger partial charge >= 0.3 is 0 Å². The summed E-state index contributed by atoms with van der Waals surface area (Å²) in [6.07, 6.45) is 5.42. The summed E-state index contributed by atoms with van der Waals surface area (Å²) in [6, 6.07) is 18.3. The van der Waals surface area contributed by atoms with Crippen LogP contribution in [0.5, 0.6) is 0 Å². The third-order valence-corrected chi connectivity index (χ3v) is 9.56. The molecule has 0 spiro atoms. The fourth-order valence-electron chi connectivity index (χ4n) is 5.44. The number of carbonyl (C=O) groups excluding carboxylic acids is 2. The lowest BCUT2D eigenvalue weighted by atomic mass is 9.95. The van der Waals surface area contributed by atoms with Gasteiger partial charge in [0.1, 0.15) is 18.4 Å². The van der Waals surface area contributed by atoms with Crippen molar-refractivity contribution >= 4 is 27.5 Å². The van der Waals surface area contributed by atoms with E-state index in [1.165, 1.54) is 29.2 Å². The summed E-state index contributed by atoms with van der Waals surface area (Å²) in [6.45, 7) is 5.24. The molecule has 7 nitrogen and oxygen atoms in total. The number of hydrogen-bond acceptors (Lipinski definition) is 4. The molecule has 1 fully saturated rings. The number of carbonyl (C=O) groups is 2. The second-order valence-corrected chi connectivity index (χ2v) is 12.9. The Kier molecular flexibility index (Phi) is 10.4. The molecule has 1 saturated carbocycles. The first kappa shape index (κ1) is 31.2. The highest BCUT2D eigenvalue weighted by Gasteiger charge is 2.34. The lowest BCUT2D eigenvalue weighted by molar-refractivity contribution is -0.140. The van der Waals surface area contributed by atoms with Crippen molar-refractivity contribution in [2.24, 2.45) is 0 Å². The maximum atomic E-state index is 14.2. The van der Waals surface area contributed by atoms with Crippen LogP contribution in [0.25, 0.3) is 0 Å². The summed E-state index contributed by atoms with van der Waals surface area (Å²) >= 11 is 0. The molecule has 9 heteroatoms. The van der Waals surface area contributed by atoms with Crippen molar-refractivity contribution in [3.8, 4) is 0 Å². The van der Waals surface area contributed by atoms with Crippen LogP contribution in [0.15, 0.2) is 77.7 Å². The minimum atomic E-state index is -4.20. The number of amides is 2. The smallest absolute Gasteiger partial charge is 0.264 e. The Bertz CT molecular complexity index is 1470. The highest BCUT2D eigenvalue weighted by Crippen LogP contribution is 2.26. The normalized spacial score (nSPS) is 14.7. The molecule has 42 heavy (non-hydrogen) atoms. The molecular weight excluding hydrogens is 553 g/mol. The van der Waals surface area contributed by atoms with Gasteiger partial charge in [0.15, 0.2) is 0 Å². The summed E-state index contributed by atoms with van der Waals surface area (Å²) in [5.41, 5.74) is 2.88. The molecule has 1 aliphatic rings. The quantitative estimate of drug-likeness (QED) is 0.300. The van der Waals surface area contributed by atoms with Crippen molar-refractivity contribution in [3.63, 3.8) is 0 Å². The van der Waals surface area contributed by atoms with E-state index >= 15 is 0 Å². The van der Waals surface area contributed by atoms with E-state index < -0.39 is 34.3 Å². The maximum absolute atomic E-state index is 14.2. The van der Waals surface area contributed by atoms with Gasteiger partial charge in [-0.1, -0.05) is 73.7 Å². The van der Waals surface area contributed by atoms with E-state index in [4.69, 9.17) is 0 Å². The molecule has 4 rings (SSSR count). The summed E-state index contributed by atoms with van der Waals surface area (Å²) in [5, 5.41) is 3.15. The molecule has 3 aromatic carbocycles. The second-order valence-electron chi connectivity index (χ2n) is 11.1. The van der Waals surface area contributed by atoms with Crippen molar-refractivity contribution in [1.82, 2.24) is 10.2 Å². The van der Waals surface area contributed by atoms with Crippen LogP contribution in [0.3, 0.4) is 0 Å². The van der Waals surface area contributed by atoms with Crippen LogP contribution in [0, 0.1) is 19.7 Å². The highest BCUT2D eigenvalue weighted by atomic mass is 32.2. The standard InChI is InChI=1S/C33H40FN3O4S/c1-4-31(33(39)35-28-11-6-5-7-12-28)36(22-26-10-8-9-25(3)21-26)32(38)23-37(29-17-15-27(34)16-18-29)42(40,41)30-19-13-24(2)14-20-30/h8-10,13-21,28,31H,4-7,11-12,22-23H2,1-3H3,(H,35,39)/t31-/m0/s1. The molecule has 2 amide bonds. The first-order valence-corrected chi connectivity index (χ1v) is 16.0. The number of anilines is 1. The van der Waals surface area contributed by atoms with Crippen molar-refractivity contribution in [3.05, 3.63) is 95.3 Å². The van der Waals surface area contributed by atoms with E-state index in [2.05, 4.69) is 5.32 Å². The van der Waals surface area contributed by atoms with E-state index in [0.717, 1.165) is 65.2 Å². The van der Waals surface area contributed by atoms with Gasteiger partial charge in [-0.05, 0) is 75.1 Å². The zero-order chi connectivity index (χ0) is 30.3. The van der Waals surface area contributed by atoms with Crippen LogP contribution in [-0.4, -0.2) is 43.8 Å². The summed E-state index contributed by atoms with van der Waals surface area (Å²) in [4.78, 5) is 29.3. The average Bonchev–Trinajstić information content (AvgIpc) is 2.97. The number of aryl methyl sites for hydroxylation is 2. The van der Waals surface area contributed by atoms with Crippen LogP contribution in [0.2, 0.25) is 0 Å². The average molecular weight is 594 g/mol. The van der Waals surface area contributed by atoms with Crippen LogP contribution < -0.4 is 9.62 Å². The maximum Gasteiger partial charge on any atom is 0.264 e. The first-order chi connectivity index (χ1) is 20.1. The lowest BCUT2D eigenvalue weighted by Crippen LogP contribution is -2.54. The molecule has 0 bridgehead atoms. The fourth-order valence-corrected chi connectivity index (χ4v) is 6.86. The van der Waals surface area contributed by atoms with E-state index in [1.54, 1.807) is 12.1 Å². The Morgan fingerprint density at radius 1 is 0.929 bits per heavy atom. The number of halogens is 1. The molecular formula is C33H40FN3O4S. The predicted molar refractivity (Wildman–Crippen MR) is 163 cm³/mol. The minimum Gasteiger partial charge on any atom is -0.352 e. The number of benzene rings is 3. The molecule has 0 radical (unpaired) electrons. The Balaban J connectivity index is 1.70. The minimum absolute atomic E-state index is 0.0116. The van der Waals surface area contributed by atoms with Crippen molar-refractivity contribution < 1.29 is 22.4 Å².